The van der Waals surface area contributed by atoms with E-state index in [2.05, 4.69) is 419 Å². The quantitative estimate of drug-likeness (QED) is 0.120. The first-order chi connectivity index (χ1) is 59.6. The molecule has 558 valence electrons. The number of hydrogen-bond acceptors (Lipinski definition) is 6. The molecule has 0 bridgehead atoms. The molecular weight excluding hydrogens is 1720 g/mol. The van der Waals surface area contributed by atoms with Gasteiger partial charge < -0.3 is 0 Å². The van der Waals surface area contributed by atoms with E-state index < -0.39 is 0 Å². The van der Waals surface area contributed by atoms with Crippen LogP contribution in [-0.2, 0) is 0 Å². The summed E-state index contributed by atoms with van der Waals surface area (Å²) < 4.78 is 19.5. The van der Waals surface area contributed by atoms with Crippen LogP contribution in [0.2, 0.25) is 0 Å². The van der Waals surface area contributed by atoms with Gasteiger partial charge in [-0.3, -0.25) is 0 Å². The molecule has 8 heterocycles. The third-order valence-electron chi connectivity index (χ3n) is 25.2. The van der Waals surface area contributed by atoms with E-state index in [4.69, 9.17) is 4.74 Å². The van der Waals surface area contributed by atoms with Gasteiger partial charge in [0.15, 0.2) is 0 Å². The molecule has 0 fully saturated rings. The Balaban J connectivity index is 0.793. The zero-order valence-corrected chi connectivity index (χ0v) is 71.3. The first-order valence-electron chi connectivity index (χ1n) is 40.9. The number of para-hydroxylation sites is 5. The minimum absolute atomic E-state index is 0.00351. The van der Waals surface area contributed by atoms with E-state index in [0.717, 1.165) is 102 Å². The summed E-state index contributed by atoms with van der Waals surface area (Å²) >= 11 is 0.0835. The predicted molar refractivity (Wildman–Crippen MR) is 514 cm³/mol. The van der Waals surface area contributed by atoms with Crippen LogP contribution in [0, 0.1) is 0 Å². The van der Waals surface area contributed by atoms with E-state index in [1.54, 1.807) is 0 Å². The second-order valence-electron chi connectivity index (χ2n) is 31.6. The molecule has 0 radical (unpaired) electrons. The second-order valence-corrected chi connectivity index (χ2v) is 40.4. The second kappa shape index (κ2) is 27.3. The Morgan fingerprint density at radius 3 is 1.07 bits per heavy atom. The van der Waals surface area contributed by atoms with E-state index in [1.165, 1.54) is 127 Å². The molecule has 0 N–H and O–H groups in total. The maximum atomic E-state index is 8.32. The number of hydrogen-bond donors (Lipinski definition) is 0. The van der Waals surface area contributed by atoms with E-state index in [-0.39, 0.29) is 71.4 Å². The Labute approximate surface area is 717 Å². The van der Waals surface area contributed by atoms with E-state index in [0.29, 0.717) is 0 Å². The van der Waals surface area contributed by atoms with Gasteiger partial charge in [0.05, 0.1) is 0 Å². The molecule has 0 saturated heterocycles. The van der Waals surface area contributed by atoms with Gasteiger partial charge in [-0.2, -0.15) is 0 Å². The van der Waals surface area contributed by atoms with Crippen molar-refractivity contribution in [1.29, 1.82) is 0 Å². The van der Waals surface area contributed by atoms with Gasteiger partial charge in [-0.1, -0.05) is 12.1 Å². The topological polar surface area (TPSA) is 25.4 Å². The summed E-state index contributed by atoms with van der Waals surface area (Å²) in [7, 11) is 0. The van der Waals surface area contributed by atoms with Crippen LogP contribution in [0.3, 0.4) is 0 Å². The molecular formula is C108H65B2N5OSe4. The van der Waals surface area contributed by atoms with Crippen LogP contribution in [0.4, 0.5) is 85.3 Å². The summed E-state index contributed by atoms with van der Waals surface area (Å²) in [4.78, 5) is 13.2. The van der Waals surface area contributed by atoms with Crippen molar-refractivity contribution in [2.24, 2.45) is 0 Å². The number of ether oxygens (including phenoxy) is 1. The Morgan fingerprint density at radius 2 is 0.583 bits per heavy atom. The first-order valence-corrected chi connectivity index (χ1v) is 47.8. The summed E-state index contributed by atoms with van der Waals surface area (Å²) in [6.07, 6.45) is 0. The SMILES string of the molecule is c1ccc(-c2cccc(-c3ccccc3)c2N2c3cc4c(cc3B3c5ccccc5N(c5cccc6c5[se]c5ccccc56)c5cc(N(c6ccccc6)c6cccc7c6[se]c6ccccc67)cc2c53)B2c3ccccc3N(c3cccc5c3[se]c3ccccc35)c3cc(N(c5ccccc5)c5cccc6c5[se]c5ccccc56)cc(c32)O4)cc1. The van der Waals surface area contributed by atoms with Crippen LogP contribution >= 0.6 is 0 Å². The average molecular weight is 1790 g/mol. The monoisotopic (exact) mass is 1790 g/mol. The van der Waals surface area contributed by atoms with Crippen LogP contribution in [0.5, 0.6) is 11.5 Å². The fourth-order valence-electron chi connectivity index (χ4n) is 20.3. The third-order valence-corrected chi connectivity index (χ3v) is 35.4. The molecule has 22 aromatic rings. The van der Waals surface area contributed by atoms with Crippen molar-refractivity contribution in [2.45, 2.75) is 0 Å². The van der Waals surface area contributed by atoms with Gasteiger partial charge in [0, 0.05) is 0 Å². The van der Waals surface area contributed by atoms with Crippen molar-refractivity contribution in [3.05, 3.63) is 394 Å². The number of benzene rings is 18. The number of nitrogens with zero attached hydrogens (tertiary/aromatic N) is 5. The maximum absolute atomic E-state index is 8.32. The summed E-state index contributed by atoms with van der Waals surface area (Å²) in [5.74, 6) is 1.66. The van der Waals surface area contributed by atoms with Crippen molar-refractivity contribution in [1.82, 2.24) is 0 Å². The van der Waals surface area contributed by atoms with Crippen molar-refractivity contribution < 1.29 is 4.74 Å². The molecule has 0 amide bonds. The molecule has 6 nitrogen and oxygen atoms in total. The molecule has 0 spiro atoms. The normalized spacial score (nSPS) is 13.0. The zero-order chi connectivity index (χ0) is 78.4. The first kappa shape index (κ1) is 69.0. The molecule has 120 heavy (non-hydrogen) atoms. The Hall–Kier alpha value is -13.0. The van der Waals surface area contributed by atoms with Gasteiger partial charge >= 0.3 is 712 Å². The van der Waals surface area contributed by atoms with Gasteiger partial charge in [-0.05, 0) is 0 Å². The average Bonchev–Trinajstić information content (AvgIpc) is 0.838. The summed E-state index contributed by atoms with van der Waals surface area (Å²) in [5, 5.41) is 10.5. The Bertz CT molecular complexity index is 7990. The predicted octanol–water partition coefficient (Wildman–Crippen LogP) is 23.9. The van der Waals surface area contributed by atoms with Crippen molar-refractivity contribution in [3.8, 4) is 33.8 Å². The molecule has 26 rings (SSSR count). The molecule has 0 atom stereocenters. The molecule has 0 aliphatic carbocycles. The third kappa shape index (κ3) is 10.4. The molecule has 4 aromatic heterocycles. The summed E-state index contributed by atoms with van der Waals surface area (Å²) in [6, 6.07) is 150. The fourth-order valence-corrected chi connectivity index (χ4v) is 30.4. The van der Waals surface area contributed by atoms with E-state index in [9.17, 15) is 0 Å². The van der Waals surface area contributed by atoms with Crippen LogP contribution < -0.4 is 62.0 Å². The fraction of sp³-hybridized carbons (Fsp3) is 0. The van der Waals surface area contributed by atoms with Crippen LogP contribution in [0.1, 0.15) is 0 Å². The number of fused-ring (bicyclic) bond motifs is 20. The van der Waals surface area contributed by atoms with E-state index >= 15 is 0 Å². The number of anilines is 15. The summed E-state index contributed by atoms with van der Waals surface area (Å²) in [5.41, 5.74) is 28.5. The van der Waals surface area contributed by atoms with Gasteiger partial charge in [0.2, 0.25) is 0 Å². The van der Waals surface area contributed by atoms with Gasteiger partial charge in [0.1, 0.15) is 0 Å². The van der Waals surface area contributed by atoms with Gasteiger partial charge in [-0.25, -0.2) is 0 Å². The Morgan fingerprint density at radius 1 is 0.225 bits per heavy atom. The molecule has 4 aliphatic heterocycles. The van der Waals surface area contributed by atoms with Crippen molar-refractivity contribution in [2.75, 3.05) is 24.5 Å². The minimum atomic E-state index is -0.283. The molecule has 0 unspecified atom stereocenters. The molecule has 12 heteroatoms. The standard InChI is InChI=1S/C108H65B2N5OSe4/c1-5-30-66(31-6-1)72-42-25-43-73(67-32-7-2-8-33-67)104(72)115-92-65-96-85(110-83-49-18-20-51-87(83)114(91-55-29-47-81-77-41-16-24-59-101(77)120-108(81)91)95-62-71(63-97(116-96)103(95)110)112(69-36-11-4-12-37-69)89-53-27-45-79-75-39-14-22-57-99(75)118-106(79)89)64-84(92)109-82-48-17-19-50-86(82)113(90-54-28-46-80-76-40-15-23-58-100(76)119-107(80)90)93-60-70(61-94(115)102(93)109)111(68-34-9-3-10-35-68)88-52-26-44-78-74-38-13-21-56-98(74)117-105(78)88/h1-65H. The van der Waals surface area contributed by atoms with Gasteiger partial charge in [-0.15, -0.1) is 0 Å². The molecule has 0 saturated carbocycles. The molecule has 18 aromatic carbocycles. The van der Waals surface area contributed by atoms with Crippen LogP contribution in [-0.4, -0.2) is 71.4 Å². The van der Waals surface area contributed by atoms with Crippen LogP contribution in [0.15, 0.2) is 394 Å². The van der Waals surface area contributed by atoms with Crippen LogP contribution in [0.25, 0.3) is 99.4 Å². The summed E-state index contributed by atoms with van der Waals surface area (Å²) in [6.45, 7) is -0.553. The van der Waals surface area contributed by atoms with Gasteiger partial charge in [0.25, 0.3) is 0 Å². The van der Waals surface area contributed by atoms with Crippen molar-refractivity contribution >= 4 is 267 Å². The number of rotatable bonds is 11. The molecule has 4 aliphatic rings. The zero-order valence-electron chi connectivity index (χ0n) is 64.5. The van der Waals surface area contributed by atoms with Crippen molar-refractivity contribution in [3.63, 3.8) is 0 Å². The van der Waals surface area contributed by atoms with E-state index in [1.807, 2.05) is 0 Å². The Kier molecular flexibility index (Phi) is 15.7.